The van der Waals surface area contributed by atoms with Crippen molar-refractivity contribution in [1.82, 2.24) is 25.7 Å². The molecule has 0 aliphatic carbocycles. The number of carbonyl (C=O) groups excluding carboxylic acids is 1. The topological polar surface area (TPSA) is 83.3 Å². The van der Waals surface area contributed by atoms with Crippen LogP contribution in [0.1, 0.15) is 56.2 Å². The Bertz CT molecular complexity index is 452. The van der Waals surface area contributed by atoms with Gasteiger partial charge in [-0.15, -0.1) is 0 Å². The van der Waals surface area contributed by atoms with Gasteiger partial charge in [0, 0.05) is 12.6 Å². The summed E-state index contributed by atoms with van der Waals surface area (Å²) in [5.74, 6) is 0.349. The highest BCUT2D eigenvalue weighted by atomic mass is 16.5. The summed E-state index contributed by atoms with van der Waals surface area (Å²) in [6.45, 7) is 9.90. The van der Waals surface area contributed by atoms with E-state index in [0.29, 0.717) is 5.89 Å². The first-order chi connectivity index (χ1) is 10.1. The van der Waals surface area contributed by atoms with Gasteiger partial charge in [-0.1, -0.05) is 19.0 Å². The smallest absolute Gasteiger partial charge is 0.292 e. The van der Waals surface area contributed by atoms with E-state index >= 15 is 0 Å². The molecule has 2 atom stereocenters. The van der Waals surface area contributed by atoms with Crippen LogP contribution < -0.4 is 10.6 Å². The highest BCUT2D eigenvalue weighted by Gasteiger charge is 2.24. The third-order valence-electron chi connectivity index (χ3n) is 3.81. The third kappa shape index (κ3) is 4.25. The van der Waals surface area contributed by atoms with Crippen LogP contribution in [-0.4, -0.2) is 53.2 Å². The lowest BCUT2D eigenvalue weighted by Gasteiger charge is -2.22. The summed E-state index contributed by atoms with van der Waals surface area (Å²) < 4.78 is 5.18. The number of rotatable bonds is 7. The minimum Gasteiger partial charge on any atom is -0.345 e. The first-order valence-corrected chi connectivity index (χ1v) is 7.74. The molecule has 118 valence electrons. The van der Waals surface area contributed by atoms with Gasteiger partial charge in [-0.2, -0.15) is 4.98 Å². The van der Waals surface area contributed by atoms with Gasteiger partial charge < -0.3 is 20.1 Å². The van der Waals surface area contributed by atoms with E-state index in [4.69, 9.17) is 4.52 Å². The van der Waals surface area contributed by atoms with Crippen molar-refractivity contribution in [2.24, 2.45) is 0 Å². The normalized spacial score (nSPS) is 19.9. The molecular weight excluding hydrogens is 270 g/mol. The number of aromatic nitrogens is 2. The lowest BCUT2D eigenvalue weighted by molar-refractivity contribution is 0.0916. The molecule has 0 spiro atoms. The Kier molecular flexibility index (Phi) is 5.69. The Balaban J connectivity index is 1.88. The van der Waals surface area contributed by atoms with Crippen LogP contribution in [0.3, 0.4) is 0 Å². The Morgan fingerprint density at radius 3 is 2.90 bits per heavy atom. The van der Waals surface area contributed by atoms with Crippen molar-refractivity contribution >= 4 is 5.91 Å². The van der Waals surface area contributed by atoms with Crippen molar-refractivity contribution < 1.29 is 9.32 Å². The average Bonchev–Trinajstić information content (AvgIpc) is 3.14. The molecule has 1 aliphatic heterocycles. The second-order valence-electron chi connectivity index (χ2n) is 5.47. The molecule has 2 N–H and O–H groups in total. The second-order valence-corrected chi connectivity index (χ2v) is 5.47. The summed E-state index contributed by atoms with van der Waals surface area (Å²) in [6.07, 6.45) is 2.07. The van der Waals surface area contributed by atoms with Gasteiger partial charge in [0.25, 0.3) is 11.7 Å². The predicted octanol–water partition coefficient (Wildman–Crippen LogP) is 0.954. The zero-order valence-electron chi connectivity index (χ0n) is 13.1. The van der Waals surface area contributed by atoms with Gasteiger partial charge >= 0.3 is 0 Å². The molecule has 7 nitrogen and oxygen atoms in total. The molecule has 1 aromatic heterocycles. The fourth-order valence-corrected chi connectivity index (χ4v) is 2.57. The lowest BCUT2D eigenvalue weighted by atomic mass is 10.2. The zero-order valence-corrected chi connectivity index (χ0v) is 13.1. The SMILES string of the molecule is CCN(CC)CC(C)NC(=O)c1noc(C2CCCN2)n1. The average molecular weight is 295 g/mol. The first kappa shape index (κ1) is 15.9. The molecule has 1 amide bonds. The number of amides is 1. The number of nitrogens with zero attached hydrogens (tertiary/aromatic N) is 3. The minimum atomic E-state index is -0.275. The first-order valence-electron chi connectivity index (χ1n) is 7.74. The van der Waals surface area contributed by atoms with Gasteiger partial charge in [-0.05, 0) is 39.4 Å². The van der Waals surface area contributed by atoms with Crippen LogP contribution in [0.25, 0.3) is 0 Å². The van der Waals surface area contributed by atoms with E-state index in [1.54, 1.807) is 0 Å². The molecule has 1 fully saturated rings. The van der Waals surface area contributed by atoms with E-state index in [2.05, 4.69) is 39.5 Å². The Hall–Kier alpha value is -1.47. The summed E-state index contributed by atoms with van der Waals surface area (Å²) in [7, 11) is 0. The fraction of sp³-hybridized carbons (Fsp3) is 0.786. The van der Waals surface area contributed by atoms with Crippen LogP contribution in [0.2, 0.25) is 0 Å². The molecule has 0 radical (unpaired) electrons. The molecule has 7 heteroatoms. The van der Waals surface area contributed by atoms with E-state index in [1.807, 2.05) is 6.92 Å². The molecule has 2 rings (SSSR count). The summed E-state index contributed by atoms with van der Waals surface area (Å²) in [5.41, 5.74) is 0. The molecule has 2 heterocycles. The summed E-state index contributed by atoms with van der Waals surface area (Å²) >= 11 is 0. The van der Waals surface area contributed by atoms with Crippen molar-refractivity contribution in [2.75, 3.05) is 26.2 Å². The summed E-state index contributed by atoms with van der Waals surface area (Å²) in [5, 5.41) is 9.97. The molecule has 21 heavy (non-hydrogen) atoms. The molecule has 1 aromatic rings. The molecule has 0 bridgehead atoms. The standard InChI is InChI=1S/C14H25N5O2/c1-4-19(5-2)9-10(3)16-13(20)12-17-14(21-18-12)11-7-6-8-15-11/h10-11,15H,4-9H2,1-3H3,(H,16,20). The number of carbonyl (C=O) groups is 1. The van der Waals surface area contributed by atoms with Gasteiger partial charge in [0.15, 0.2) is 0 Å². The Morgan fingerprint density at radius 2 is 2.29 bits per heavy atom. The highest BCUT2D eigenvalue weighted by Crippen LogP contribution is 2.20. The van der Waals surface area contributed by atoms with Gasteiger partial charge in [-0.3, -0.25) is 4.79 Å². The Morgan fingerprint density at radius 1 is 1.52 bits per heavy atom. The summed E-state index contributed by atoms with van der Waals surface area (Å²) in [4.78, 5) is 18.6. The van der Waals surface area contributed by atoms with Crippen molar-refractivity contribution in [3.63, 3.8) is 0 Å². The van der Waals surface area contributed by atoms with E-state index < -0.39 is 0 Å². The van der Waals surface area contributed by atoms with Crippen molar-refractivity contribution in [1.29, 1.82) is 0 Å². The third-order valence-corrected chi connectivity index (χ3v) is 3.81. The van der Waals surface area contributed by atoms with Gasteiger partial charge in [0.1, 0.15) is 0 Å². The van der Waals surface area contributed by atoms with E-state index in [9.17, 15) is 4.79 Å². The number of likely N-dealkylation sites (N-methyl/N-ethyl adjacent to an activating group) is 1. The Labute approximate surface area is 125 Å². The van der Waals surface area contributed by atoms with Crippen LogP contribution in [0.5, 0.6) is 0 Å². The molecular formula is C14H25N5O2. The van der Waals surface area contributed by atoms with Crippen molar-refractivity contribution in [3.05, 3.63) is 11.7 Å². The lowest BCUT2D eigenvalue weighted by Crippen LogP contribution is -2.42. The van der Waals surface area contributed by atoms with Crippen LogP contribution in [0, 0.1) is 0 Å². The monoisotopic (exact) mass is 295 g/mol. The molecule has 1 aliphatic rings. The molecule has 1 saturated heterocycles. The van der Waals surface area contributed by atoms with Gasteiger partial charge in [0.05, 0.1) is 6.04 Å². The maximum absolute atomic E-state index is 12.1. The van der Waals surface area contributed by atoms with Crippen LogP contribution >= 0.6 is 0 Å². The van der Waals surface area contributed by atoms with Crippen LogP contribution in [0.4, 0.5) is 0 Å². The molecule has 2 unspecified atom stereocenters. The molecule has 0 aromatic carbocycles. The van der Waals surface area contributed by atoms with Crippen molar-refractivity contribution in [3.8, 4) is 0 Å². The maximum Gasteiger partial charge on any atom is 0.292 e. The molecule has 0 saturated carbocycles. The predicted molar refractivity (Wildman–Crippen MR) is 79.0 cm³/mol. The summed E-state index contributed by atoms with van der Waals surface area (Å²) in [6, 6.07) is 0.135. The van der Waals surface area contributed by atoms with Crippen LogP contribution in [-0.2, 0) is 0 Å². The number of nitrogens with one attached hydrogen (secondary N) is 2. The second kappa shape index (κ2) is 7.51. The van der Waals surface area contributed by atoms with Crippen molar-refractivity contribution in [2.45, 2.75) is 45.7 Å². The number of hydrogen-bond acceptors (Lipinski definition) is 6. The largest absolute Gasteiger partial charge is 0.345 e. The van der Waals surface area contributed by atoms with Crippen LogP contribution in [0.15, 0.2) is 4.52 Å². The fourth-order valence-electron chi connectivity index (χ4n) is 2.57. The van der Waals surface area contributed by atoms with E-state index in [-0.39, 0.29) is 23.8 Å². The van der Waals surface area contributed by atoms with E-state index in [1.165, 1.54) is 0 Å². The van der Waals surface area contributed by atoms with Gasteiger partial charge in [-0.25, -0.2) is 0 Å². The maximum atomic E-state index is 12.1. The van der Waals surface area contributed by atoms with E-state index in [0.717, 1.165) is 39.0 Å². The zero-order chi connectivity index (χ0) is 15.2. The van der Waals surface area contributed by atoms with Gasteiger partial charge in [0.2, 0.25) is 5.89 Å². The quantitative estimate of drug-likeness (QED) is 0.779. The highest BCUT2D eigenvalue weighted by molar-refractivity contribution is 5.90. The number of hydrogen-bond donors (Lipinski definition) is 2. The minimum absolute atomic E-state index is 0.0453.